The van der Waals surface area contributed by atoms with Crippen LogP contribution in [0.2, 0.25) is 0 Å². The Morgan fingerprint density at radius 3 is 2.33 bits per heavy atom. The summed E-state index contributed by atoms with van der Waals surface area (Å²) in [7, 11) is 0. The van der Waals surface area contributed by atoms with E-state index in [0.29, 0.717) is 16.8 Å². The van der Waals surface area contributed by atoms with Crippen LogP contribution in [-0.2, 0) is 25.5 Å². The zero-order valence-corrected chi connectivity index (χ0v) is 24.6. The van der Waals surface area contributed by atoms with E-state index in [-0.39, 0.29) is 27.9 Å². The summed E-state index contributed by atoms with van der Waals surface area (Å²) in [6.45, 7) is 0. The molecule has 4 aliphatic carbocycles. The van der Waals surface area contributed by atoms with Crippen molar-refractivity contribution >= 4 is 59.4 Å². The van der Waals surface area contributed by atoms with Gasteiger partial charge in [-0.15, -0.1) is 11.3 Å². The maximum atomic E-state index is 9.44. The third-order valence-electron chi connectivity index (χ3n) is 8.58. The van der Waals surface area contributed by atoms with Crippen molar-refractivity contribution in [3.8, 4) is 16.9 Å². The predicted molar refractivity (Wildman–Crippen MR) is 187 cm³/mol. The van der Waals surface area contributed by atoms with Crippen molar-refractivity contribution in [1.82, 2.24) is 18.9 Å². The van der Waals surface area contributed by atoms with Crippen molar-refractivity contribution in [3.05, 3.63) is 144 Å². The zero-order valence-electron chi connectivity index (χ0n) is 31.7. The van der Waals surface area contributed by atoms with Gasteiger partial charge in [-0.3, -0.25) is 14.0 Å². The third-order valence-corrected chi connectivity index (χ3v) is 9.78. The van der Waals surface area contributed by atoms with Gasteiger partial charge in [0.1, 0.15) is 0 Å². The Balaban J connectivity index is 1.31. The molecular formula is C40H28N4S. The fraction of sp³-hybridized carbons (Fsp3) is 0.100. The Kier molecular flexibility index (Phi) is 3.96. The van der Waals surface area contributed by atoms with E-state index in [9.17, 15) is 8.22 Å². The molecule has 0 saturated heterocycles. The lowest BCUT2D eigenvalue weighted by Crippen LogP contribution is -2.05. The maximum Gasteiger partial charge on any atom is 0.220 e. The minimum Gasteiger partial charge on any atom is -0.278 e. The predicted octanol–water partition coefficient (Wildman–Crippen LogP) is 9.75. The molecule has 0 atom stereocenters. The molecule has 4 heterocycles. The van der Waals surface area contributed by atoms with Crippen molar-refractivity contribution in [1.29, 1.82) is 0 Å². The molecule has 9 aromatic rings. The molecule has 0 amide bonds. The first-order valence-corrected chi connectivity index (χ1v) is 15.6. The SMILES string of the molecule is [2H]C1([2H])c2ccc(cc2)C([2H])([2H])C([2H])([2H])c2ccc(cc2-n2c3ccc(-c4nccc5c4sc4ccccc45)cc3n3c4ccccc4nc23)C1([2H])[2H]. The first-order chi connectivity index (χ1) is 25.3. The largest absolute Gasteiger partial charge is 0.278 e. The van der Waals surface area contributed by atoms with Gasteiger partial charge in [0.15, 0.2) is 0 Å². The highest BCUT2D eigenvalue weighted by Gasteiger charge is 2.21. The second-order valence-corrected chi connectivity index (χ2v) is 12.3. The molecule has 0 unspecified atom stereocenters. The Labute approximate surface area is 275 Å². The minimum atomic E-state index is -2.63. The summed E-state index contributed by atoms with van der Waals surface area (Å²) >= 11 is 1.68. The van der Waals surface area contributed by atoms with Crippen LogP contribution in [-0.4, -0.2) is 18.9 Å². The lowest BCUT2D eigenvalue weighted by molar-refractivity contribution is 0.905. The van der Waals surface area contributed by atoms with Crippen molar-refractivity contribution in [2.75, 3.05) is 0 Å². The highest BCUT2D eigenvalue weighted by Crippen LogP contribution is 2.40. The van der Waals surface area contributed by atoms with Gasteiger partial charge in [-0.05, 0) is 90.2 Å². The number of rotatable bonds is 2. The Bertz CT molecular complexity index is 2980. The highest BCUT2D eigenvalue weighted by atomic mass is 32.1. The van der Waals surface area contributed by atoms with Crippen LogP contribution >= 0.6 is 11.3 Å². The zero-order chi connectivity index (χ0) is 36.7. The van der Waals surface area contributed by atoms with E-state index in [1.807, 2.05) is 71.3 Å². The average molecular weight is 605 g/mol. The first kappa shape index (κ1) is 18.5. The van der Waals surface area contributed by atoms with Crippen LogP contribution in [0.15, 0.2) is 121 Å². The van der Waals surface area contributed by atoms with Gasteiger partial charge in [-0.25, -0.2) is 4.98 Å². The molecule has 0 aliphatic heterocycles. The van der Waals surface area contributed by atoms with Crippen LogP contribution in [0.5, 0.6) is 0 Å². The standard InChI is InChI=1S/C40H28N4S/c1-4-8-37-30(5-1)31-21-22-41-38(39(31)45-37)29-19-20-34-36(24-29)43-33-7-3-2-6-32(33)42-40(43)44(34)35-23-27-14-13-25-9-11-26(12-10-25)15-17-28(35)18-16-27/h1-12,16,18-24H,13-15,17H2/i13D2,14D2,15D2,17D2. The number of hydrogen-bond acceptors (Lipinski definition) is 3. The molecule has 0 N–H and O–H groups in total. The molecule has 0 fully saturated rings. The van der Waals surface area contributed by atoms with Crippen LogP contribution in [0, 0.1) is 0 Å². The number of fused-ring (bicyclic) bond motifs is 8. The van der Waals surface area contributed by atoms with Gasteiger partial charge in [0.25, 0.3) is 0 Å². The number of imidazole rings is 2. The molecule has 45 heavy (non-hydrogen) atoms. The Morgan fingerprint density at radius 1 is 0.644 bits per heavy atom. The Hall–Kier alpha value is -5.26. The molecule has 13 rings (SSSR count). The molecule has 0 saturated carbocycles. The van der Waals surface area contributed by atoms with Gasteiger partial charge in [0.05, 0.1) is 38.1 Å². The maximum absolute atomic E-state index is 9.44. The summed E-state index contributed by atoms with van der Waals surface area (Å²) in [5, 5.41) is 2.27. The first-order valence-electron chi connectivity index (χ1n) is 18.8. The van der Waals surface area contributed by atoms with Crippen molar-refractivity contribution < 1.29 is 11.0 Å². The van der Waals surface area contributed by atoms with E-state index < -0.39 is 25.5 Å². The van der Waals surface area contributed by atoms with E-state index in [4.69, 9.17) is 12.7 Å². The smallest absolute Gasteiger partial charge is 0.220 e. The molecule has 214 valence electrons. The fourth-order valence-corrected chi connectivity index (χ4v) is 7.67. The topological polar surface area (TPSA) is 35.1 Å². The van der Waals surface area contributed by atoms with E-state index in [2.05, 4.69) is 12.1 Å². The number of para-hydroxylation sites is 2. The number of hydrogen-bond donors (Lipinski definition) is 0. The summed E-state index contributed by atoms with van der Waals surface area (Å²) in [6.07, 6.45) is -8.45. The number of aryl methyl sites for hydroxylation is 4. The lowest BCUT2D eigenvalue weighted by atomic mass is 9.95. The summed E-state index contributed by atoms with van der Waals surface area (Å²) in [6, 6.07) is 33.5. The van der Waals surface area contributed by atoms with E-state index >= 15 is 0 Å². The van der Waals surface area contributed by atoms with Gasteiger partial charge in [-0.2, -0.15) is 0 Å². The fourth-order valence-electron chi connectivity index (χ4n) is 6.46. The van der Waals surface area contributed by atoms with E-state index in [1.54, 1.807) is 15.9 Å². The molecule has 4 aromatic heterocycles. The number of benzene rings is 5. The lowest BCUT2D eigenvalue weighted by Gasteiger charge is -2.16. The normalized spacial score (nSPS) is 20.5. The van der Waals surface area contributed by atoms with E-state index in [0.717, 1.165) is 42.5 Å². The molecule has 4 bridgehead atoms. The van der Waals surface area contributed by atoms with Gasteiger partial charge in [0, 0.05) is 38.2 Å². The van der Waals surface area contributed by atoms with Crippen molar-refractivity contribution in [2.24, 2.45) is 0 Å². The van der Waals surface area contributed by atoms with E-state index in [1.165, 1.54) is 42.5 Å². The molecule has 5 heteroatoms. The molecule has 5 aromatic carbocycles. The van der Waals surface area contributed by atoms with Gasteiger partial charge in [-0.1, -0.05) is 72.8 Å². The van der Waals surface area contributed by atoms with Gasteiger partial charge < -0.3 is 0 Å². The molecular weight excluding hydrogens is 569 g/mol. The molecule has 4 aliphatic rings. The third kappa shape index (κ3) is 3.84. The average Bonchev–Trinajstić information content (AvgIpc) is 3.82. The molecule has 0 radical (unpaired) electrons. The van der Waals surface area contributed by atoms with Crippen LogP contribution < -0.4 is 0 Å². The minimum absolute atomic E-state index is 0.0137. The summed E-state index contributed by atoms with van der Waals surface area (Å²) < 4.78 is 79.5. The van der Waals surface area contributed by atoms with Crippen LogP contribution in [0.1, 0.15) is 33.2 Å². The van der Waals surface area contributed by atoms with Crippen molar-refractivity contribution in [2.45, 2.75) is 25.5 Å². The summed E-state index contributed by atoms with van der Waals surface area (Å²) in [5.74, 6) is 0.417. The van der Waals surface area contributed by atoms with Crippen LogP contribution in [0.3, 0.4) is 0 Å². The molecule has 4 nitrogen and oxygen atoms in total. The van der Waals surface area contributed by atoms with Gasteiger partial charge >= 0.3 is 0 Å². The molecule has 0 spiro atoms. The Morgan fingerprint density at radius 2 is 1.42 bits per heavy atom. The van der Waals surface area contributed by atoms with Crippen LogP contribution in [0.4, 0.5) is 0 Å². The second-order valence-electron chi connectivity index (χ2n) is 11.2. The number of pyridine rings is 1. The summed E-state index contributed by atoms with van der Waals surface area (Å²) in [5.41, 5.74) is 4.68. The number of aromatic nitrogens is 4. The quantitative estimate of drug-likeness (QED) is 0.197. The van der Waals surface area contributed by atoms with Crippen molar-refractivity contribution in [3.63, 3.8) is 0 Å². The monoisotopic (exact) mass is 604 g/mol. The highest BCUT2D eigenvalue weighted by molar-refractivity contribution is 7.26. The summed E-state index contributed by atoms with van der Waals surface area (Å²) in [4.78, 5) is 9.86. The number of thiophene rings is 1. The van der Waals surface area contributed by atoms with Crippen LogP contribution in [0.25, 0.3) is 65.0 Å². The number of nitrogens with zero attached hydrogens (tertiary/aromatic N) is 4. The second kappa shape index (κ2) is 9.62. The van der Waals surface area contributed by atoms with Gasteiger partial charge in [0.2, 0.25) is 5.78 Å².